The van der Waals surface area contributed by atoms with Crippen LogP contribution < -0.4 is 14.8 Å². The highest BCUT2D eigenvalue weighted by Crippen LogP contribution is 2.34. The van der Waals surface area contributed by atoms with Crippen molar-refractivity contribution < 1.29 is 23.8 Å². The van der Waals surface area contributed by atoms with Crippen LogP contribution >= 0.6 is 0 Å². The molecule has 0 bridgehead atoms. The first-order chi connectivity index (χ1) is 15.5. The number of likely N-dealkylation sites (N-methyl/N-ethyl adjacent to an activating group) is 1. The molecule has 1 amide bonds. The van der Waals surface area contributed by atoms with Crippen LogP contribution in [0.4, 0.5) is 0 Å². The molecule has 1 N–H and O–H groups in total. The normalized spacial score (nSPS) is 18.6. The van der Waals surface area contributed by atoms with E-state index in [1.54, 1.807) is 24.3 Å². The topological polar surface area (TPSA) is 77.1 Å². The van der Waals surface area contributed by atoms with Crippen LogP contribution in [0.1, 0.15) is 52.5 Å². The summed E-state index contributed by atoms with van der Waals surface area (Å²) in [5.74, 6) is 0.990. The van der Waals surface area contributed by atoms with Gasteiger partial charge in [0.2, 0.25) is 0 Å². The molecule has 0 aromatic heterocycles. The molecule has 7 nitrogen and oxygen atoms in total. The van der Waals surface area contributed by atoms with E-state index in [-0.39, 0.29) is 17.9 Å². The van der Waals surface area contributed by atoms with Gasteiger partial charge in [0, 0.05) is 24.1 Å². The number of methoxy groups -OCH3 is 1. The standard InChI is InChI=1S/C25H32N2O5/c1-5-31-22-12-11-19(15-23(22)32-6-2)20-16-27(3)14-13-21(20)26-24(28)17-7-9-18(10-8-17)25(29)30-4/h7-12,15,20-21H,5-6,13-14,16H2,1-4H3,(H,26,28)/t20-,21-/m0/s1. The Kier molecular flexibility index (Phi) is 8.11. The van der Waals surface area contributed by atoms with E-state index < -0.39 is 5.97 Å². The van der Waals surface area contributed by atoms with Crippen molar-refractivity contribution in [2.75, 3.05) is 40.5 Å². The van der Waals surface area contributed by atoms with Gasteiger partial charge < -0.3 is 24.4 Å². The first kappa shape index (κ1) is 23.6. The van der Waals surface area contributed by atoms with Gasteiger partial charge in [-0.25, -0.2) is 4.79 Å². The summed E-state index contributed by atoms with van der Waals surface area (Å²) in [4.78, 5) is 26.9. The molecule has 32 heavy (non-hydrogen) atoms. The van der Waals surface area contributed by atoms with Gasteiger partial charge in [0.1, 0.15) is 0 Å². The van der Waals surface area contributed by atoms with E-state index in [1.165, 1.54) is 7.11 Å². The Bertz CT molecular complexity index is 928. The lowest BCUT2D eigenvalue weighted by atomic mass is 9.85. The van der Waals surface area contributed by atoms with Crippen molar-refractivity contribution in [3.8, 4) is 11.5 Å². The number of carbonyl (C=O) groups excluding carboxylic acids is 2. The molecule has 2 aromatic rings. The van der Waals surface area contributed by atoms with Crippen LogP contribution in [-0.2, 0) is 4.74 Å². The molecule has 0 radical (unpaired) electrons. The number of rotatable bonds is 8. The van der Waals surface area contributed by atoms with E-state index in [1.807, 2.05) is 26.0 Å². The number of piperidine rings is 1. The Morgan fingerprint density at radius 3 is 2.31 bits per heavy atom. The molecule has 0 aliphatic carbocycles. The van der Waals surface area contributed by atoms with Gasteiger partial charge >= 0.3 is 5.97 Å². The van der Waals surface area contributed by atoms with E-state index >= 15 is 0 Å². The molecular weight excluding hydrogens is 408 g/mol. The molecule has 1 saturated heterocycles. The zero-order chi connectivity index (χ0) is 23.1. The Morgan fingerprint density at radius 1 is 1.00 bits per heavy atom. The summed E-state index contributed by atoms with van der Waals surface area (Å²) in [6.07, 6.45) is 0.838. The first-order valence-electron chi connectivity index (χ1n) is 11.0. The van der Waals surface area contributed by atoms with Gasteiger partial charge in [0.05, 0.1) is 25.9 Å². The molecule has 1 fully saturated rings. The fraction of sp³-hybridized carbons (Fsp3) is 0.440. The van der Waals surface area contributed by atoms with Gasteiger partial charge in [-0.15, -0.1) is 0 Å². The van der Waals surface area contributed by atoms with Crippen molar-refractivity contribution in [1.82, 2.24) is 10.2 Å². The number of esters is 1. The fourth-order valence-corrected chi connectivity index (χ4v) is 4.05. The monoisotopic (exact) mass is 440 g/mol. The van der Waals surface area contributed by atoms with E-state index in [0.717, 1.165) is 36.6 Å². The Hall–Kier alpha value is -3.06. The SMILES string of the molecule is CCOc1ccc([C@@H]2CN(C)CC[C@@H]2NC(=O)c2ccc(C(=O)OC)cc2)cc1OCC. The zero-order valence-corrected chi connectivity index (χ0v) is 19.2. The van der Waals surface area contributed by atoms with Gasteiger partial charge in [0.15, 0.2) is 11.5 Å². The average Bonchev–Trinajstić information content (AvgIpc) is 2.81. The molecule has 172 valence electrons. The zero-order valence-electron chi connectivity index (χ0n) is 19.2. The third-order valence-corrected chi connectivity index (χ3v) is 5.70. The van der Waals surface area contributed by atoms with Crippen molar-refractivity contribution in [2.24, 2.45) is 0 Å². The van der Waals surface area contributed by atoms with Crippen molar-refractivity contribution >= 4 is 11.9 Å². The summed E-state index contributed by atoms with van der Waals surface area (Å²) in [5.41, 5.74) is 2.03. The average molecular weight is 441 g/mol. The molecule has 2 aromatic carbocycles. The molecule has 0 unspecified atom stereocenters. The Balaban J connectivity index is 1.80. The maximum Gasteiger partial charge on any atom is 0.337 e. The maximum absolute atomic E-state index is 12.9. The van der Waals surface area contributed by atoms with E-state index in [2.05, 4.69) is 23.3 Å². The summed E-state index contributed by atoms with van der Waals surface area (Å²) in [7, 11) is 3.43. The molecule has 2 atom stereocenters. The largest absolute Gasteiger partial charge is 0.490 e. The molecule has 1 aliphatic heterocycles. The predicted octanol–water partition coefficient (Wildman–Crippen LogP) is 3.49. The number of benzene rings is 2. The number of amides is 1. The van der Waals surface area contributed by atoms with E-state index in [0.29, 0.717) is 24.3 Å². The maximum atomic E-state index is 12.9. The second kappa shape index (κ2) is 11.0. The second-order valence-electron chi connectivity index (χ2n) is 7.88. The molecule has 1 aliphatic rings. The minimum Gasteiger partial charge on any atom is -0.490 e. The van der Waals surface area contributed by atoms with Crippen molar-refractivity contribution in [3.05, 3.63) is 59.2 Å². The van der Waals surface area contributed by atoms with Crippen LogP contribution in [0.2, 0.25) is 0 Å². The third-order valence-electron chi connectivity index (χ3n) is 5.70. The summed E-state index contributed by atoms with van der Waals surface area (Å²) in [6.45, 7) is 6.74. The van der Waals surface area contributed by atoms with Crippen LogP contribution in [0, 0.1) is 0 Å². The Labute approximate surface area is 189 Å². The fourth-order valence-electron chi connectivity index (χ4n) is 4.05. The highest BCUT2D eigenvalue weighted by atomic mass is 16.5. The number of ether oxygens (including phenoxy) is 3. The highest BCUT2D eigenvalue weighted by molar-refractivity contribution is 5.96. The molecule has 7 heteroatoms. The molecule has 0 spiro atoms. The Morgan fingerprint density at radius 2 is 1.66 bits per heavy atom. The number of hydrogen-bond acceptors (Lipinski definition) is 6. The summed E-state index contributed by atoms with van der Waals surface area (Å²) >= 11 is 0. The lowest BCUT2D eigenvalue weighted by Gasteiger charge is -2.37. The van der Waals surface area contributed by atoms with E-state index in [4.69, 9.17) is 14.2 Å². The predicted molar refractivity (Wildman–Crippen MR) is 123 cm³/mol. The van der Waals surface area contributed by atoms with Gasteiger partial charge in [-0.05, 0) is 75.8 Å². The smallest absolute Gasteiger partial charge is 0.337 e. The van der Waals surface area contributed by atoms with Crippen molar-refractivity contribution in [3.63, 3.8) is 0 Å². The minimum absolute atomic E-state index is 0.0218. The summed E-state index contributed by atoms with van der Waals surface area (Å²) in [6, 6.07) is 12.5. The van der Waals surface area contributed by atoms with Gasteiger partial charge in [-0.3, -0.25) is 4.79 Å². The number of likely N-dealkylation sites (tertiary alicyclic amines) is 1. The van der Waals surface area contributed by atoms with Gasteiger partial charge in [0.25, 0.3) is 5.91 Å². The van der Waals surface area contributed by atoms with Crippen molar-refractivity contribution in [2.45, 2.75) is 32.2 Å². The lowest BCUT2D eigenvalue weighted by Crippen LogP contribution is -2.48. The second-order valence-corrected chi connectivity index (χ2v) is 7.88. The van der Waals surface area contributed by atoms with Crippen LogP contribution in [0.5, 0.6) is 11.5 Å². The molecule has 0 saturated carbocycles. The summed E-state index contributed by atoms with van der Waals surface area (Å²) in [5, 5.41) is 3.20. The number of hydrogen-bond donors (Lipinski definition) is 1. The van der Waals surface area contributed by atoms with E-state index in [9.17, 15) is 9.59 Å². The quantitative estimate of drug-likeness (QED) is 0.634. The van der Waals surface area contributed by atoms with Crippen LogP contribution in [0.25, 0.3) is 0 Å². The lowest BCUT2D eigenvalue weighted by molar-refractivity contribution is 0.0600. The molecular formula is C25H32N2O5. The van der Waals surface area contributed by atoms with Crippen LogP contribution in [0.3, 0.4) is 0 Å². The summed E-state index contributed by atoms with van der Waals surface area (Å²) < 4.78 is 16.2. The van der Waals surface area contributed by atoms with Crippen LogP contribution in [0.15, 0.2) is 42.5 Å². The minimum atomic E-state index is -0.423. The number of nitrogens with zero attached hydrogens (tertiary/aromatic N) is 1. The molecule has 3 rings (SSSR count). The highest BCUT2D eigenvalue weighted by Gasteiger charge is 2.31. The van der Waals surface area contributed by atoms with Crippen LogP contribution in [-0.4, -0.2) is 63.3 Å². The van der Waals surface area contributed by atoms with Gasteiger partial charge in [-0.1, -0.05) is 6.07 Å². The third kappa shape index (κ3) is 5.59. The number of carbonyl (C=O) groups is 2. The number of nitrogens with one attached hydrogen (secondary N) is 1. The molecule has 1 heterocycles. The van der Waals surface area contributed by atoms with Gasteiger partial charge in [-0.2, -0.15) is 0 Å². The van der Waals surface area contributed by atoms with Crippen molar-refractivity contribution in [1.29, 1.82) is 0 Å². The first-order valence-corrected chi connectivity index (χ1v) is 11.0.